The minimum atomic E-state index is -0.221. The number of nitrogens with one attached hydrogen (secondary N) is 1. The maximum absolute atomic E-state index is 12.4. The number of aryl methyl sites for hydroxylation is 2. The molecule has 1 aliphatic heterocycles. The van der Waals surface area contributed by atoms with Gasteiger partial charge in [0.2, 0.25) is 11.1 Å². The molecule has 0 unspecified atom stereocenters. The lowest BCUT2D eigenvalue weighted by atomic mass is 9.93. The number of piperidine rings is 1. The number of nitrogens with zero attached hydrogens (tertiary/aromatic N) is 5. The number of halogens is 1. The molecule has 0 spiro atoms. The van der Waals surface area contributed by atoms with Crippen molar-refractivity contribution in [1.82, 2.24) is 29.6 Å². The van der Waals surface area contributed by atoms with Crippen molar-refractivity contribution in [3.8, 4) is 0 Å². The number of rotatable bonds is 2. The van der Waals surface area contributed by atoms with Gasteiger partial charge in [0.1, 0.15) is 5.82 Å². The molecule has 8 nitrogen and oxygen atoms in total. The lowest BCUT2D eigenvalue weighted by Crippen LogP contribution is -2.38. The van der Waals surface area contributed by atoms with Crippen molar-refractivity contribution < 1.29 is 4.79 Å². The molecule has 3 rings (SSSR count). The van der Waals surface area contributed by atoms with Crippen LogP contribution < -0.4 is 5.56 Å². The van der Waals surface area contributed by atoms with E-state index in [2.05, 4.69) is 20.1 Å². The van der Waals surface area contributed by atoms with Gasteiger partial charge in [-0.3, -0.25) is 9.59 Å². The molecule has 2 aromatic heterocycles. The summed E-state index contributed by atoms with van der Waals surface area (Å²) in [5.74, 6) is 0.681. The van der Waals surface area contributed by atoms with Crippen LogP contribution in [0.4, 0.5) is 0 Å². The molecule has 0 bridgehead atoms. The molecule has 122 valence electrons. The predicted octanol–water partition coefficient (Wildman–Crippen LogP) is 0.880. The topological polar surface area (TPSA) is 96.8 Å². The van der Waals surface area contributed by atoms with Crippen molar-refractivity contribution in [1.29, 1.82) is 0 Å². The molecule has 0 aliphatic carbocycles. The fourth-order valence-corrected chi connectivity index (χ4v) is 2.91. The van der Waals surface area contributed by atoms with Gasteiger partial charge in [-0.15, -0.1) is 5.10 Å². The molecule has 2 aromatic rings. The molecular formula is C14H17ClN6O2. The van der Waals surface area contributed by atoms with Gasteiger partial charge in [0.05, 0.1) is 5.69 Å². The number of hydrogen-bond acceptors (Lipinski definition) is 5. The number of carbonyl (C=O) groups excluding carboxylic acids is 1. The number of aromatic nitrogens is 5. The summed E-state index contributed by atoms with van der Waals surface area (Å²) in [6.45, 7) is 2.92. The summed E-state index contributed by atoms with van der Waals surface area (Å²) in [6.07, 6.45) is 1.50. The second-order valence-electron chi connectivity index (χ2n) is 5.65. The first-order valence-electron chi connectivity index (χ1n) is 7.37. The monoisotopic (exact) mass is 336 g/mol. The van der Waals surface area contributed by atoms with Crippen LogP contribution in [0.15, 0.2) is 10.9 Å². The Morgan fingerprint density at radius 1 is 1.35 bits per heavy atom. The Hall–Kier alpha value is -2.22. The minimum Gasteiger partial charge on any atom is -0.336 e. The predicted molar refractivity (Wildman–Crippen MR) is 83.5 cm³/mol. The standard InChI is InChI=1S/C14H17ClN6O2/c1-8-16-10(7-11(22)17-8)9-3-5-21(6-4-9)13(23)12-18-14(15)20(2)19-12/h7,9H,3-6H2,1-2H3,(H,16,17,22). The summed E-state index contributed by atoms with van der Waals surface area (Å²) in [6, 6.07) is 1.54. The molecular weight excluding hydrogens is 320 g/mol. The SMILES string of the molecule is Cc1nc(C2CCN(C(=O)c3nc(Cl)n(C)n3)CC2)cc(=O)[nH]1. The van der Waals surface area contributed by atoms with Crippen LogP contribution in [0.3, 0.4) is 0 Å². The summed E-state index contributed by atoms with van der Waals surface area (Å²) in [7, 11) is 1.64. The number of amides is 1. The molecule has 0 aromatic carbocycles. The van der Waals surface area contributed by atoms with E-state index in [0.717, 1.165) is 18.5 Å². The van der Waals surface area contributed by atoms with E-state index in [1.165, 1.54) is 10.7 Å². The number of hydrogen-bond donors (Lipinski definition) is 1. The first-order chi connectivity index (χ1) is 10.9. The molecule has 1 saturated heterocycles. The smallest absolute Gasteiger partial charge is 0.293 e. The third kappa shape index (κ3) is 3.26. The van der Waals surface area contributed by atoms with Crippen molar-refractivity contribution in [3.63, 3.8) is 0 Å². The lowest BCUT2D eigenvalue weighted by molar-refractivity contribution is 0.0699. The highest BCUT2D eigenvalue weighted by Gasteiger charge is 2.28. The third-order valence-electron chi connectivity index (χ3n) is 3.98. The van der Waals surface area contributed by atoms with Crippen LogP contribution in [0.1, 0.15) is 40.9 Å². The zero-order chi connectivity index (χ0) is 16.6. The third-order valence-corrected chi connectivity index (χ3v) is 4.31. The molecule has 1 fully saturated rings. The number of aromatic amines is 1. The largest absolute Gasteiger partial charge is 0.336 e. The Kier molecular flexibility index (Phi) is 4.16. The van der Waals surface area contributed by atoms with Gasteiger partial charge in [-0.25, -0.2) is 9.67 Å². The normalized spacial score (nSPS) is 15.9. The highest BCUT2D eigenvalue weighted by atomic mass is 35.5. The fourth-order valence-electron chi connectivity index (χ4n) is 2.79. The summed E-state index contributed by atoms with van der Waals surface area (Å²) in [5.41, 5.74) is 0.649. The molecule has 0 atom stereocenters. The maximum atomic E-state index is 12.4. The average Bonchev–Trinajstić information content (AvgIpc) is 2.85. The van der Waals surface area contributed by atoms with Gasteiger partial charge in [-0.2, -0.15) is 4.98 Å². The van der Waals surface area contributed by atoms with Crippen molar-refractivity contribution in [2.75, 3.05) is 13.1 Å². The summed E-state index contributed by atoms with van der Waals surface area (Å²) >= 11 is 5.82. The summed E-state index contributed by atoms with van der Waals surface area (Å²) in [5, 5.41) is 4.20. The molecule has 3 heterocycles. The van der Waals surface area contributed by atoms with Crippen molar-refractivity contribution in [2.45, 2.75) is 25.7 Å². The molecule has 1 aliphatic rings. The number of H-pyrrole nitrogens is 1. The van der Waals surface area contributed by atoms with Gasteiger partial charge in [-0.05, 0) is 31.4 Å². The summed E-state index contributed by atoms with van der Waals surface area (Å²) in [4.78, 5) is 36.6. The minimum absolute atomic E-state index is 0.112. The van der Waals surface area contributed by atoms with Crippen molar-refractivity contribution >= 4 is 17.5 Å². The van der Waals surface area contributed by atoms with Gasteiger partial charge in [-0.1, -0.05) is 0 Å². The van der Waals surface area contributed by atoms with E-state index in [4.69, 9.17) is 11.6 Å². The average molecular weight is 337 g/mol. The van der Waals surface area contributed by atoms with Gasteiger partial charge >= 0.3 is 0 Å². The van der Waals surface area contributed by atoms with E-state index in [9.17, 15) is 9.59 Å². The molecule has 23 heavy (non-hydrogen) atoms. The van der Waals surface area contributed by atoms with Crippen LogP contribution in [0.5, 0.6) is 0 Å². The van der Waals surface area contributed by atoms with Gasteiger partial charge in [0, 0.05) is 32.1 Å². The Labute approximate surface area is 137 Å². The summed E-state index contributed by atoms with van der Waals surface area (Å²) < 4.78 is 1.37. The van der Waals surface area contributed by atoms with Crippen LogP contribution in [-0.2, 0) is 7.05 Å². The Morgan fingerprint density at radius 2 is 2.04 bits per heavy atom. The highest BCUT2D eigenvalue weighted by Crippen LogP contribution is 2.26. The van der Waals surface area contributed by atoms with Crippen molar-refractivity contribution in [2.24, 2.45) is 7.05 Å². The van der Waals surface area contributed by atoms with Gasteiger partial charge < -0.3 is 9.88 Å². The van der Waals surface area contributed by atoms with E-state index in [-0.39, 0.29) is 28.5 Å². The van der Waals surface area contributed by atoms with Crippen LogP contribution in [-0.4, -0.2) is 48.6 Å². The van der Waals surface area contributed by atoms with Crippen LogP contribution in [0.2, 0.25) is 5.28 Å². The fraction of sp³-hybridized carbons (Fsp3) is 0.500. The molecule has 1 N–H and O–H groups in total. The molecule has 9 heteroatoms. The van der Waals surface area contributed by atoms with E-state index >= 15 is 0 Å². The zero-order valence-corrected chi connectivity index (χ0v) is 13.7. The molecule has 0 saturated carbocycles. The first-order valence-corrected chi connectivity index (χ1v) is 7.75. The number of likely N-dealkylation sites (tertiary alicyclic amines) is 1. The van der Waals surface area contributed by atoms with E-state index in [1.807, 2.05) is 0 Å². The second kappa shape index (κ2) is 6.11. The Balaban J connectivity index is 1.68. The van der Waals surface area contributed by atoms with Crippen molar-refractivity contribution in [3.05, 3.63) is 39.0 Å². The van der Waals surface area contributed by atoms with E-state index in [0.29, 0.717) is 18.9 Å². The van der Waals surface area contributed by atoms with E-state index in [1.54, 1.807) is 18.9 Å². The van der Waals surface area contributed by atoms with Crippen LogP contribution in [0.25, 0.3) is 0 Å². The first kappa shape index (κ1) is 15.7. The lowest BCUT2D eigenvalue weighted by Gasteiger charge is -2.31. The second-order valence-corrected chi connectivity index (χ2v) is 5.99. The Bertz CT molecular complexity index is 771. The maximum Gasteiger partial charge on any atom is 0.293 e. The van der Waals surface area contributed by atoms with Gasteiger partial charge in [0.15, 0.2) is 0 Å². The molecule has 1 amide bonds. The number of carbonyl (C=O) groups is 1. The quantitative estimate of drug-likeness (QED) is 0.878. The van der Waals surface area contributed by atoms with Crippen LogP contribution in [0, 0.1) is 6.92 Å². The zero-order valence-electron chi connectivity index (χ0n) is 12.9. The Morgan fingerprint density at radius 3 is 2.61 bits per heavy atom. The van der Waals surface area contributed by atoms with E-state index < -0.39 is 0 Å². The highest BCUT2D eigenvalue weighted by molar-refractivity contribution is 6.28. The molecule has 0 radical (unpaired) electrons. The van der Waals surface area contributed by atoms with Crippen LogP contribution >= 0.6 is 11.6 Å². The van der Waals surface area contributed by atoms with Gasteiger partial charge in [0.25, 0.3) is 11.5 Å².